The number of carbonyl (C=O) groups excluding carboxylic acids is 2. The van der Waals surface area contributed by atoms with E-state index in [1.807, 2.05) is 19.9 Å². The van der Waals surface area contributed by atoms with Crippen LogP contribution in [0, 0.1) is 11.3 Å². The first-order valence-electron chi connectivity index (χ1n) is 10.5. The Morgan fingerprint density at radius 2 is 1.94 bits per heavy atom. The second-order valence-corrected chi connectivity index (χ2v) is 8.72. The van der Waals surface area contributed by atoms with Crippen LogP contribution in [-0.4, -0.2) is 33.5 Å². The Morgan fingerprint density at radius 3 is 2.41 bits per heavy atom. The maximum atomic E-state index is 12.7. The lowest BCUT2D eigenvalue weighted by Gasteiger charge is -2.42. The van der Waals surface area contributed by atoms with Gasteiger partial charge in [0.1, 0.15) is 17.9 Å². The van der Waals surface area contributed by atoms with Gasteiger partial charge >= 0.3 is 0 Å². The van der Waals surface area contributed by atoms with E-state index in [-0.39, 0.29) is 5.92 Å². The van der Waals surface area contributed by atoms with E-state index < -0.39 is 23.6 Å². The third-order valence-corrected chi connectivity index (χ3v) is 4.91. The van der Waals surface area contributed by atoms with Crippen molar-refractivity contribution in [2.24, 2.45) is 0 Å². The topological polar surface area (TPSA) is 118 Å². The maximum Gasteiger partial charge on any atom is 0.247 e. The quantitative estimate of drug-likeness (QED) is 0.698. The van der Waals surface area contributed by atoms with Crippen LogP contribution in [0.15, 0.2) is 36.5 Å². The zero-order valence-electron chi connectivity index (χ0n) is 19.3. The molecule has 8 heteroatoms. The molecule has 1 heterocycles. The summed E-state index contributed by atoms with van der Waals surface area (Å²) in [7, 11) is 0. The number of hydrogen-bond acceptors (Lipinski definition) is 6. The summed E-state index contributed by atoms with van der Waals surface area (Å²) in [5.74, 6) is 0.577. The lowest BCUT2D eigenvalue weighted by molar-refractivity contribution is -0.273. The highest BCUT2D eigenvalue weighted by Gasteiger charge is 2.32. The van der Waals surface area contributed by atoms with Crippen molar-refractivity contribution in [1.82, 2.24) is 9.88 Å². The standard InChI is InChI=1S/C24H30N4O4/c1-7-20(28(23(30)31)24(4,5)6)22(29)27-17-9-11-21(26-14-17)32-18-10-8-16(13-25)19(12-18)15(2)3/h8-12,14-15,20H,7H2,1-6H3,(H,27,29)(H,30,31)/p-1/t20-/m1/s1. The number of carboxylic acid groups (broad SMARTS) is 1. The Balaban J connectivity index is 2.14. The SMILES string of the molecule is CC[C@H](C(=O)Nc1ccc(Oc2ccc(C#N)c(C(C)C)c2)nc1)N(C(=O)[O-])C(C)(C)C. The fourth-order valence-corrected chi connectivity index (χ4v) is 3.40. The minimum Gasteiger partial charge on any atom is -0.530 e. The van der Waals surface area contributed by atoms with E-state index >= 15 is 0 Å². The van der Waals surface area contributed by atoms with Crippen LogP contribution in [0.2, 0.25) is 0 Å². The Hall–Kier alpha value is -3.60. The number of pyridine rings is 1. The Labute approximate surface area is 188 Å². The first-order chi connectivity index (χ1) is 15.0. The van der Waals surface area contributed by atoms with Crippen molar-refractivity contribution >= 4 is 17.7 Å². The lowest BCUT2D eigenvalue weighted by Crippen LogP contribution is -2.59. The molecule has 1 N–H and O–H groups in total. The summed E-state index contributed by atoms with van der Waals surface area (Å²) in [4.78, 5) is 29.6. The van der Waals surface area contributed by atoms with Crippen molar-refractivity contribution in [1.29, 1.82) is 5.26 Å². The zero-order valence-corrected chi connectivity index (χ0v) is 19.3. The molecule has 0 saturated heterocycles. The van der Waals surface area contributed by atoms with Crippen LogP contribution in [0.5, 0.6) is 11.6 Å². The van der Waals surface area contributed by atoms with Gasteiger partial charge in [-0.1, -0.05) is 20.8 Å². The molecule has 0 radical (unpaired) electrons. The molecular formula is C24H29N4O4-. The Kier molecular flexibility index (Phi) is 7.82. The van der Waals surface area contributed by atoms with Crippen LogP contribution in [0.25, 0.3) is 0 Å². The number of nitriles is 1. The molecule has 1 aromatic heterocycles. The van der Waals surface area contributed by atoms with E-state index in [9.17, 15) is 20.0 Å². The Morgan fingerprint density at radius 1 is 1.25 bits per heavy atom. The molecular weight excluding hydrogens is 408 g/mol. The lowest BCUT2D eigenvalue weighted by atomic mass is 9.98. The van der Waals surface area contributed by atoms with Gasteiger partial charge in [-0.25, -0.2) is 4.98 Å². The van der Waals surface area contributed by atoms with Gasteiger partial charge in [-0.05, 0) is 62.9 Å². The van der Waals surface area contributed by atoms with Gasteiger partial charge in [0.2, 0.25) is 11.8 Å². The predicted octanol–water partition coefficient (Wildman–Crippen LogP) is 4.03. The number of benzene rings is 1. The summed E-state index contributed by atoms with van der Waals surface area (Å²) in [6.45, 7) is 10.9. The fourth-order valence-electron chi connectivity index (χ4n) is 3.40. The van der Waals surface area contributed by atoms with E-state index in [0.717, 1.165) is 10.5 Å². The van der Waals surface area contributed by atoms with Gasteiger partial charge in [0.25, 0.3) is 0 Å². The number of carbonyl (C=O) groups is 2. The van der Waals surface area contributed by atoms with E-state index in [2.05, 4.69) is 16.4 Å². The molecule has 0 unspecified atom stereocenters. The summed E-state index contributed by atoms with van der Waals surface area (Å²) in [6, 6.07) is 9.73. The number of amides is 2. The molecule has 2 aromatic rings. The highest BCUT2D eigenvalue weighted by Crippen LogP contribution is 2.27. The molecule has 8 nitrogen and oxygen atoms in total. The monoisotopic (exact) mass is 437 g/mol. The van der Waals surface area contributed by atoms with Crippen molar-refractivity contribution in [3.05, 3.63) is 47.7 Å². The molecule has 0 saturated carbocycles. The molecule has 0 fully saturated rings. The molecule has 170 valence electrons. The van der Waals surface area contributed by atoms with Gasteiger partial charge in [0, 0.05) is 11.6 Å². The second kappa shape index (κ2) is 10.1. The first kappa shape index (κ1) is 24.7. The van der Waals surface area contributed by atoms with Gasteiger partial charge in [0.05, 0.1) is 23.5 Å². The van der Waals surface area contributed by atoms with Crippen LogP contribution in [0.1, 0.15) is 65.0 Å². The fraction of sp³-hybridized carbons (Fsp3) is 0.417. The molecule has 0 aliphatic carbocycles. The van der Waals surface area contributed by atoms with Crippen molar-refractivity contribution in [3.8, 4) is 17.7 Å². The third-order valence-electron chi connectivity index (χ3n) is 4.91. The number of rotatable bonds is 7. The second-order valence-electron chi connectivity index (χ2n) is 8.72. The smallest absolute Gasteiger partial charge is 0.247 e. The van der Waals surface area contributed by atoms with Crippen molar-refractivity contribution in [2.75, 3.05) is 5.32 Å². The number of nitrogens with zero attached hydrogens (tertiary/aromatic N) is 3. The van der Waals surface area contributed by atoms with E-state index in [4.69, 9.17) is 4.74 Å². The average Bonchev–Trinajstić information content (AvgIpc) is 2.71. The summed E-state index contributed by atoms with van der Waals surface area (Å²) in [5.41, 5.74) is 1.11. The van der Waals surface area contributed by atoms with Crippen LogP contribution < -0.4 is 15.2 Å². The molecule has 2 rings (SSSR count). The van der Waals surface area contributed by atoms with Gasteiger partial charge in [-0.3, -0.25) is 4.79 Å². The highest BCUT2D eigenvalue weighted by atomic mass is 16.5. The molecule has 1 atom stereocenters. The van der Waals surface area contributed by atoms with Gasteiger partial charge < -0.3 is 24.9 Å². The number of nitrogens with one attached hydrogen (secondary N) is 1. The molecule has 0 aliphatic heterocycles. The molecule has 0 aliphatic rings. The van der Waals surface area contributed by atoms with Gasteiger partial charge in [-0.2, -0.15) is 5.26 Å². The minimum atomic E-state index is -1.40. The molecule has 32 heavy (non-hydrogen) atoms. The number of hydrogen-bond donors (Lipinski definition) is 1. The number of ether oxygens (including phenoxy) is 1. The zero-order chi connectivity index (χ0) is 24.1. The van der Waals surface area contributed by atoms with Gasteiger partial charge in [-0.15, -0.1) is 0 Å². The van der Waals surface area contributed by atoms with Crippen LogP contribution >= 0.6 is 0 Å². The largest absolute Gasteiger partial charge is 0.530 e. The summed E-state index contributed by atoms with van der Waals surface area (Å²) in [5, 5.41) is 23.6. The van der Waals surface area contributed by atoms with Crippen molar-refractivity contribution in [2.45, 2.75) is 65.5 Å². The predicted molar refractivity (Wildman–Crippen MR) is 119 cm³/mol. The highest BCUT2D eigenvalue weighted by molar-refractivity contribution is 5.96. The Bertz CT molecular complexity index is 1000. The van der Waals surface area contributed by atoms with E-state index in [0.29, 0.717) is 29.3 Å². The average molecular weight is 438 g/mol. The molecule has 0 bridgehead atoms. The summed E-state index contributed by atoms with van der Waals surface area (Å²) >= 11 is 0. The summed E-state index contributed by atoms with van der Waals surface area (Å²) < 4.78 is 5.78. The maximum absolute atomic E-state index is 12.7. The van der Waals surface area contributed by atoms with E-state index in [1.165, 1.54) is 6.20 Å². The molecule has 1 aromatic carbocycles. The van der Waals surface area contributed by atoms with Crippen molar-refractivity contribution < 1.29 is 19.4 Å². The van der Waals surface area contributed by atoms with Crippen LogP contribution in [-0.2, 0) is 4.79 Å². The summed E-state index contributed by atoms with van der Waals surface area (Å²) in [6.07, 6.45) is 0.334. The van der Waals surface area contributed by atoms with Crippen molar-refractivity contribution in [3.63, 3.8) is 0 Å². The van der Waals surface area contributed by atoms with Crippen LogP contribution in [0.3, 0.4) is 0 Å². The normalized spacial score (nSPS) is 12.1. The number of aromatic nitrogens is 1. The molecule has 0 spiro atoms. The van der Waals surface area contributed by atoms with E-state index in [1.54, 1.807) is 52.0 Å². The first-order valence-corrected chi connectivity index (χ1v) is 10.5. The third kappa shape index (κ3) is 5.97. The van der Waals surface area contributed by atoms with Crippen LogP contribution in [0.4, 0.5) is 10.5 Å². The molecule has 2 amide bonds. The van der Waals surface area contributed by atoms with Gasteiger partial charge in [0.15, 0.2) is 0 Å². The number of anilines is 1. The minimum absolute atomic E-state index is 0.166.